The summed E-state index contributed by atoms with van der Waals surface area (Å²) in [4.78, 5) is 8.33. The second kappa shape index (κ2) is 4.63. The highest BCUT2D eigenvalue weighted by atomic mass is 14.9. The Morgan fingerprint density at radius 1 is 1.06 bits per heavy atom. The molecule has 2 aromatic heterocycles. The van der Waals surface area contributed by atoms with E-state index < -0.39 is 0 Å². The molecule has 3 nitrogen and oxygen atoms in total. The molecule has 2 aromatic rings. The van der Waals surface area contributed by atoms with Crippen molar-refractivity contribution in [1.82, 2.24) is 15.3 Å². The fraction of sp³-hybridized carbons (Fsp3) is 0.286. The lowest BCUT2D eigenvalue weighted by Gasteiger charge is -2.15. The summed E-state index contributed by atoms with van der Waals surface area (Å²) in [5.74, 6) is 0. The second-order valence-electron chi connectivity index (χ2n) is 4.35. The first kappa shape index (κ1) is 10.4. The molecular formula is C14H15N3. The van der Waals surface area contributed by atoms with Gasteiger partial charge < -0.3 is 5.32 Å². The molecular weight excluding hydrogens is 210 g/mol. The number of pyridine rings is 2. The number of nitrogens with one attached hydrogen (secondary N) is 1. The van der Waals surface area contributed by atoms with E-state index in [9.17, 15) is 0 Å². The summed E-state index contributed by atoms with van der Waals surface area (Å²) in [6.07, 6.45) is 9.95. The molecule has 1 N–H and O–H groups in total. The third kappa shape index (κ3) is 2.06. The standard InChI is InChI=1S/C14H15N3/c1-2-14(17-6-1)13-10-16-9-5-12(13)11-3-7-15-8-4-11/h3-5,7-10,14,17H,1-2,6H2/t14-/m0/s1. The average Bonchev–Trinajstić information content (AvgIpc) is 2.94. The van der Waals surface area contributed by atoms with Gasteiger partial charge in [-0.3, -0.25) is 9.97 Å². The van der Waals surface area contributed by atoms with Crippen molar-refractivity contribution in [1.29, 1.82) is 0 Å². The Morgan fingerprint density at radius 2 is 1.88 bits per heavy atom. The van der Waals surface area contributed by atoms with Crippen molar-refractivity contribution < 1.29 is 0 Å². The van der Waals surface area contributed by atoms with Gasteiger partial charge in [0, 0.05) is 30.8 Å². The predicted molar refractivity (Wildman–Crippen MR) is 67.4 cm³/mol. The SMILES string of the molecule is c1cc(-c2ccncc2[C@@H]2CCCN2)ccn1. The van der Waals surface area contributed by atoms with Crippen LogP contribution in [0.25, 0.3) is 11.1 Å². The summed E-state index contributed by atoms with van der Waals surface area (Å²) >= 11 is 0. The molecule has 0 saturated carbocycles. The van der Waals surface area contributed by atoms with Crippen molar-refractivity contribution in [2.24, 2.45) is 0 Å². The molecule has 0 aromatic carbocycles. The Bertz CT molecular complexity index is 490. The summed E-state index contributed by atoms with van der Waals surface area (Å²) in [5.41, 5.74) is 3.78. The minimum absolute atomic E-state index is 0.451. The monoisotopic (exact) mass is 225 g/mol. The molecule has 3 heteroatoms. The number of hydrogen-bond donors (Lipinski definition) is 1. The van der Waals surface area contributed by atoms with Crippen molar-refractivity contribution in [3.63, 3.8) is 0 Å². The van der Waals surface area contributed by atoms with Gasteiger partial charge in [0.1, 0.15) is 0 Å². The van der Waals surface area contributed by atoms with Crippen molar-refractivity contribution in [2.75, 3.05) is 6.54 Å². The Balaban J connectivity index is 2.04. The highest BCUT2D eigenvalue weighted by Crippen LogP contribution is 2.31. The summed E-state index contributed by atoms with van der Waals surface area (Å²) in [6.45, 7) is 1.11. The van der Waals surface area contributed by atoms with E-state index in [0.717, 1.165) is 6.54 Å². The Kier molecular flexibility index (Phi) is 2.84. The Hall–Kier alpha value is -1.74. The maximum atomic E-state index is 4.26. The van der Waals surface area contributed by atoms with E-state index in [2.05, 4.69) is 21.4 Å². The topological polar surface area (TPSA) is 37.8 Å². The van der Waals surface area contributed by atoms with Gasteiger partial charge in [0.25, 0.3) is 0 Å². The summed E-state index contributed by atoms with van der Waals surface area (Å²) in [5, 5.41) is 3.53. The van der Waals surface area contributed by atoms with E-state index in [-0.39, 0.29) is 0 Å². The van der Waals surface area contributed by atoms with Gasteiger partial charge in [0.2, 0.25) is 0 Å². The fourth-order valence-electron chi connectivity index (χ4n) is 2.43. The summed E-state index contributed by atoms with van der Waals surface area (Å²) in [7, 11) is 0. The highest BCUT2D eigenvalue weighted by Gasteiger charge is 2.19. The van der Waals surface area contributed by atoms with Crippen molar-refractivity contribution in [3.05, 3.63) is 48.5 Å². The Morgan fingerprint density at radius 3 is 2.65 bits per heavy atom. The molecule has 3 heterocycles. The third-order valence-electron chi connectivity index (χ3n) is 3.28. The maximum Gasteiger partial charge on any atom is 0.0342 e. The van der Waals surface area contributed by atoms with Gasteiger partial charge >= 0.3 is 0 Å². The third-order valence-corrected chi connectivity index (χ3v) is 3.28. The molecule has 0 spiro atoms. The first-order valence-electron chi connectivity index (χ1n) is 6.03. The lowest BCUT2D eigenvalue weighted by Crippen LogP contribution is -2.14. The zero-order valence-electron chi connectivity index (χ0n) is 9.63. The van der Waals surface area contributed by atoms with Crippen LogP contribution in [0, 0.1) is 0 Å². The number of nitrogens with zero attached hydrogens (tertiary/aromatic N) is 2. The molecule has 0 aliphatic carbocycles. The smallest absolute Gasteiger partial charge is 0.0342 e. The fourth-order valence-corrected chi connectivity index (χ4v) is 2.43. The molecule has 0 unspecified atom stereocenters. The molecule has 1 saturated heterocycles. The van der Waals surface area contributed by atoms with Crippen molar-refractivity contribution >= 4 is 0 Å². The van der Waals surface area contributed by atoms with Crippen LogP contribution in [0.1, 0.15) is 24.4 Å². The van der Waals surface area contributed by atoms with Crippen LogP contribution in [0.4, 0.5) is 0 Å². The average molecular weight is 225 g/mol. The van der Waals surface area contributed by atoms with Gasteiger partial charge in [-0.2, -0.15) is 0 Å². The molecule has 1 aliphatic heterocycles. The zero-order chi connectivity index (χ0) is 11.5. The van der Waals surface area contributed by atoms with Gasteiger partial charge in [-0.15, -0.1) is 0 Å². The van der Waals surface area contributed by atoms with Gasteiger partial charge in [-0.05, 0) is 54.3 Å². The van der Waals surface area contributed by atoms with Crippen LogP contribution in [-0.4, -0.2) is 16.5 Å². The van der Waals surface area contributed by atoms with E-state index in [1.54, 1.807) is 0 Å². The van der Waals surface area contributed by atoms with E-state index in [1.807, 2.05) is 36.9 Å². The van der Waals surface area contributed by atoms with E-state index in [4.69, 9.17) is 0 Å². The molecule has 0 radical (unpaired) electrons. The second-order valence-corrected chi connectivity index (χ2v) is 4.35. The van der Waals surface area contributed by atoms with Crippen LogP contribution in [0.15, 0.2) is 43.0 Å². The Labute approximate surface area is 101 Å². The van der Waals surface area contributed by atoms with Crippen LogP contribution in [0.5, 0.6) is 0 Å². The quantitative estimate of drug-likeness (QED) is 0.853. The minimum Gasteiger partial charge on any atom is -0.310 e. The molecule has 1 aliphatic rings. The maximum absolute atomic E-state index is 4.26. The van der Waals surface area contributed by atoms with Gasteiger partial charge in [-0.1, -0.05) is 0 Å². The molecule has 1 atom stereocenters. The number of aromatic nitrogens is 2. The largest absolute Gasteiger partial charge is 0.310 e. The number of rotatable bonds is 2. The van der Waals surface area contributed by atoms with E-state index in [0.29, 0.717) is 6.04 Å². The lowest BCUT2D eigenvalue weighted by atomic mass is 9.97. The molecule has 0 bridgehead atoms. The lowest BCUT2D eigenvalue weighted by molar-refractivity contribution is 0.646. The minimum atomic E-state index is 0.451. The van der Waals surface area contributed by atoms with Gasteiger partial charge in [-0.25, -0.2) is 0 Å². The van der Waals surface area contributed by atoms with Gasteiger partial charge in [0.05, 0.1) is 0 Å². The summed E-state index contributed by atoms with van der Waals surface area (Å²) in [6, 6.07) is 6.64. The molecule has 1 fully saturated rings. The normalized spacial score (nSPS) is 19.4. The van der Waals surface area contributed by atoms with E-state index in [1.165, 1.54) is 29.5 Å². The van der Waals surface area contributed by atoms with Crippen LogP contribution < -0.4 is 5.32 Å². The predicted octanol–water partition coefficient (Wildman–Crippen LogP) is 2.57. The zero-order valence-corrected chi connectivity index (χ0v) is 9.63. The van der Waals surface area contributed by atoms with Gasteiger partial charge in [0.15, 0.2) is 0 Å². The molecule has 17 heavy (non-hydrogen) atoms. The summed E-state index contributed by atoms with van der Waals surface area (Å²) < 4.78 is 0. The van der Waals surface area contributed by atoms with Crippen LogP contribution in [0.3, 0.4) is 0 Å². The van der Waals surface area contributed by atoms with Crippen molar-refractivity contribution in [2.45, 2.75) is 18.9 Å². The molecule has 86 valence electrons. The number of hydrogen-bond acceptors (Lipinski definition) is 3. The van der Waals surface area contributed by atoms with Crippen LogP contribution >= 0.6 is 0 Å². The first-order chi connectivity index (χ1) is 8.45. The van der Waals surface area contributed by atoms with Crippen molar-refractivity contribution in [3.8, 4) is 11.1 Å². The van der Waals surface area contributed by atoms with Crippen LogP contribution in [-0.2, 0) is 0 Å². The molecule has 3 rings (SSSR count). The first-order valence-corrected chi connectivity index (χ1v) is 6.03. The van der Waals surface area contributed by atoms with Crippen LogP contribution in [0.2, 0.25) is 0 Å². The highest BCUT2D eigenvalue weighted by molar-refractivity contribution is 5.66. The van der Waals surface area contributed by atoms with E-state index >= 15 is 0 Å². The molecule has 0 amide bonds.